The van der Waals surface area contributed by atoms with Gasteiger partial charge in [-0.1, -0.05) is 0 Å². The molecule has 8 heavy (non-hydrogen) atoms. The fraction of sp³-hybridized carbons (Fsp3) is 0.800. The number of hydrogen-bond donors (Lipinski definition) is 1. The topological polar surface area (TPSA) is 52.3 Å². The molecule has 0 radical (unpaired) electrons. The second kappa shape index (κ2) is 1.74. The normalized spacial score (nSPS) is 34.2. The van der Waals surface area contributed by atoms with Gasteiger partial charge in [0, 0.05) is 6.04 Å². The summed E-state index contributed by atoms with van der Waals surface area (Å²) in [5.74, 6) is -0.169. The van der Waals surface area contributed by atoms with E-state index in [0.29, 0.717) is 0 Å². The quantitative estimate of drug-likeness (QED) is 0.469. The van der Waals surface area contributed by atoms with E-state index >= 15 is 0 Å². The highest BCUT2D eigenvalue weighted by molar-refractivity contribution is 5.76. The Balaban J connectivity index is 2.28. The third-order valence-electron chi connectivity index (χ3n) is 1.34. The minimum absolute atomic E-state index is 0.000000000000000222. The van der Waals surface area contributed by atoms with Gasteiger partial charge in [0.15, 0.2) is 0 Å². The summed E-state index contributed by atoms with van der Waals surface area (Å²) in [7, 11) is 1.38. The van der Waals surface area contributed by atoms with Gasteiger partial charge >= 0.3 is 5.97 Å². The maximum Gasteiger partial charge on any atom is 0.310 e. The summed E-state index contributed by atoms with van der Waals surface area (Å²) in [5.41, 5.74) is 5.34. The maximum absolute atomic E-state index is 10.5. The standard InChI is InChI=1S/C5H9NO2/c1-8-5(7)3-2-4(3)6/h3-4H,2,6H2,1H3. The summed E-state index contributed by atoms with van der Waals surface area (Å²) in [6, 6.07) is 0.0717. The lowest BCUT2D eigenvalue weighted by Crippen LogP contribution is -2.11. The highest BCUT2D eigenvalue weighted by Crippen LogP contribution is 2.28. The zero-order valence-electron chi connectivity index (χ0n) is 4.76. The van der Waals surface area contributed by atoms with Crippen LogP contribution in [0.4, 0.5) is 0 Å². The summed E-state index contributed by atoms with van der Waals surface area (Å²) in [6.45, 7) is 0. The molecule has 1 rings (SSSR count). The van der Waals surface area contributed by atoms with Crippen LogP contribution in [0.25, 0.3) is 0 Å². The number of hydrogen-bond acceptors (Lipinski definition) is 3. The van der Waals surface area contributed by atoms with E-state index in [2.05, 4.69) is 4.74 Å². The van der Waals surface area contributed by atoms with E-state index in [1.165, 1.54) is 7.11 Å². The predicted molar refractivity (Wildman–Crippen MR) is 28.1 cm³/mol. The van der Waals surface area contributed by atoms with E-state index in [1.54, 1.807) is 0 Å². The molecular formula is C5H9NO2. The molecule has 0 saturated heterocycles. The van der Waals surface area contributed by atoms with Crippen LogP contribution in [0.5, 0.6) is 0 Å². The molecule has 2 N–H and O–H groups in total. The van der Waals surface area contributed by atoms with Gasteiger partial charge in [-0.05, 0) is 6.42 Å². The van der Waals surface area contributed by atoms with E-state index in [0.717, 1.165) is 6.42 Å². The van der Waals surface area contributed by atoms with Crippen molar-refractivity contribution in [2.24, 2.45) is 11.7 Å². The predicted octanol–water partition coefficient (Wildman–Crippen LogP) is -0.493. The Hall–Kier alpha value is -0.570. The molecule has 0 spiro atoms. The van der Waals surface area contributed by atoms with Gasteiger partial charge in [0.25, 0.3) is 0 Å². The van der Waals surface area contributed by atoms with Gasteiger partial charge in [0.2, 0.25) is 0 Å². The summed E-state index contributed by atoms with van der Waals surface area (Å²) in [5, 5.41) is 0. The molecule has 46 valence electrons. The summed E-state index contributed by atoms with van der Waals surface area (Å²) in [6.07, 6.45) is 0.798. The molecule has 2 atom stereocenters. The second-order valence-corrected chi connectivity index (χ2v) is 2.03. The highest BCUT2D eigenvalue weighted by Gasteiger charge is 2.40. The maximum atomic E-state index is 10.5. The van der Waals surface area contributed by atoms with Gasteiger partial charge in [-0.25, -0.2) is 0 Å². The molecule has 0 aromatic carbocycles. The van der Waals surface area contributed by atoms with Crippen LogP contribution < -0.4 is 5.73 Å². The van der Waals surface area contributed by atoms with Gasteiger partial charge < -0.3 is 10.5 Å². The number of nitrogens with two attached hydrogens (primary N) is 1. The van der Waals surface area contributed by atoms with Crippen LogP contribution in [-0.2, 0) is 9.53 Å². The van der Waals surface area contributed by atoms with E-state index < -0.39 is 0 Å². The van der Waals surface area contributed by atoms with Crippen LogP contribution in [0.1, 0.15) is 6.42 Å². The van der Waals surface area contributed by atoms with Crippen molar-refractivity contribution in [3.05, 3.63) is 0 Å². The van der Waals surface area contributed by atoms with E-state index in [4.69, 9.17) is 5.73 Å². The van der Waals surface area contributed by atoms with Crippen molar-refractivity contribution < 1.29 is 9.53 Å². The molecule has 1 aliphatic carbocycles. The number of rotatable bonds is 1. The zero-order chi connectivity index (χ0) is 6.15. The van der Waals surface area contributed by atoms with Crippen LogP contribution in [0.15, 0.2) is 0 Å². The molecule has 1 fully saturated rings. The number of ether oxygens (including phenoxy) is 1. The van der Waals surface area contributed by atoms with Crippen molar-refractivity contribution in [2.45, 2.75) is 12.5 Å². The van der Waals surface area contributed by atoms with Crippen LogP contribution in [0.2, 0.25) is 0 Å². The molecule has 0 bridgehead atoms. The lowest BCUT2D eigenvalue weighted by atomic mass is 10.4. The Morgan fingerprint density at radius 1 is 1.88 bits per heavy atom. The van der Waals surface area contributed by atoms with E-state index in [-0.39, 0.29) is 17.9 Å². The minimum Gasteiger partial charge on any atom is -0.469 e. The van der Waals surface area contributed by atoms with Crippen molar-refractivity contribution in [1.82, 2.24) is 0 Å². The van der Waals surface area contributed by atoms with Crippen LogP contribution in [0, 0.1) is 5.92 Å². The molecule has 2 unspecified atom stereocenters. The van der Waals surface area contributed by atoms with Crippen molar-refractivity contribution >= 4 is 5.97 Å². The van der Waals surface area contributed by atoms with E-state index in [1.807, 2.05) is 0 Å². The molecule has 3 heteroatoms. The average Bonchev–Trinajstić information content (AvgIpc) is 2.45. The first-order valence-corrected chi connectivity index (χ1v) is 2.59. The lowest BCUT2D eigenvalue weighted by molar-refractivity contribution is -0.142. The Kier molecular flexibility index (Phi) is 1.21. The van der Waals surface area contributed by atoms with Crippen LogP contribution >= 0.6 is 0 Å². The monoisotopic (exact) mass is 115 g/mol. The van der Waals surface area contributed by atoms with Crippen LogP contribution in [-0.4, -0.2) is 19.1 Å². The zero-order valence-corrected chi connectivity index (χ0v) is 4.76. The number of esters is 1. The molecule has 1 saturated carbocycles. The minimum atomic E-state index is -0.169. The van der Waals surface area contributed by atoms with Crippen molar-refractivity contribution in [2.75, 3.05) is 7.11 Å². The number of carbonyl (C=O) groups is 1. The molecule has 1 aliphatic rings. The average molecular weight is 115 g/mol. The Labute approximate surface area is 47.8 Å². The first-order valence-electron chi connectivity index (χ1n) is 2.59. The van der Waals surface area contributed by atoms with Crippen LogP contribution in [0.3, 0.4) is 0 Å². The Morgan fingerprint density at radius 3 is 2.50 bits per heavy atom. The third-order valence-corrected chi connectivity index (χ3v) is 1.34. The van der Waals surface area contributed by atoms with Crippen molar-refractivity contribution in [1.29, 1.82) is 0 Å². The molecule has 0 aromatic heterocycles. The molecule has 0 aliphatic heterocycles. The third kappa shape index (κ3) is 0.816. The first kappa shape index (κ1) is 5.56. The number of methoxy groups -OCH3 is 1. The molecule has 3 nitrogen and oxygen atoms in total. The van der Waals surface area contributed by atoms with Gasteiger partial charge in [-0.15, -0.1) is 0 Å². The fourth-order valence-electron chi connectivity index (χ4n) is 0.637. The fourth-order valence-corrected chi connectivity index (χ4v) is 0.637. The van der Waals surface area contributed by atoms with E-state index in [9.17, 15) is 4.79 Å². The SMILES string of the molecule is COC(=O)C1CC1N. The van der Waals surface area contributed by atoms with Gasteiger partial charge in [0.1, 0.15) is 0 Å². The Bertz CT molecular complexity index is 113. The largest absolute Gasteiger partial charge is 0.469 e. The summed E-state index contributed by atoms with van der Waals surface area (Å²) < 4.78 is 4.43. The lowest BCUT2D eigenvalue weighted by Gasteiger charge is -1.91. The number of carbonyl (C=O) groups excluding carboxylic acids is 1. The molecule has 0 aromatic rings. The molecule has 0 heterocycles. The van der Waals surface area contributed by atoms with Gasteiger partial charge in [-0.3, -0.25) is 4.79 Å². The van der Waals surface area contributed by atoms with Crippen molar-refractivity contribution in [3.63, 3.8) is 0 Å². The smallest absolute Gasteiger partial charge is 0.310 e. The van der Waals surface area contributed by atoms with Gasteiger partial charge in [0.05, 0.1) is 13.0 Å². The first-order chi connectivity index (χ1) is 3.75. The summed E-state index contributed by atoms with van der Waals surface area (Å²) >= 11 is 0. The Morgan fingerprint density at radius 2 is 2.38 bits per heavy atom. The van der Waals surface area contributed by atoms with Crippen molar-refractivity contribution in [3.8, 4) is 0 Å². The summed E-state index contributed by atoms with van der Waals surface area (Å²) in [4.78, 5) is 10.5. The highest BCUT2D eigenvalue weighted by atomic mass is 16.5. The molecule has 0 amide bonds. The molecular weight excluding hydrogens is 106 g/mol. The van der Waals surface area contributed by atoms with Gasteiger partial charge in [-0.2, -0.15) is 0 Å². The second-order valence-electron chi connectivity index (χ2n) is 2.03.